The van der Waals surface area contributed by atoms with Gasteiger partial charge in [-0.05, 0) is 60.5 Å². The molecule has 1 N–H and O–H groups in total. The van der Waals surface area contributed by atoms with Crippen LogP contribution in [0, 0.1) is 12.7 Å². The van der Waals surface area contributed by atoms with Crippen LogP contribution in [0.4, 0.5) is 10.1 Å². The van der Waals surface area contributed by atoms with E-state index >= 15 is 0 Å². The van der Waals surface area contributed by atoms with Gasteiger partial charge in [0.25, 0.3) is 11.7 Å². The van der Waals surface area contributed by atoms with E-state index in [1.807, 2.05) is 0 Å². The molecule has 33 heavy (non-hydrogen) atoms. The fraction of sp³-hybridized carbons (Fsp3) is 0.115. The van der Waals surface area contributed by atoms with E-state index in [4.69, 9.17) is 4.74 Å². The second-order valence-corrected chi connectivity index (χ2v) is 7.58. The van der Waals surface area contributed by atoms with Crippen molar-refractivity contribution in [3.63, 3.8) is 0 Å². The van der Waals surface area contributed by atoms with Gasteiger partial charge in [-0.2, -0.15) is 0 Å². The minimum absolute atomic E-state index is 0.103. The van der Waals surface area contributed by atoms with Gasteiger partial charge >= 0.3 is 5.97 Å². The molecule has 0 bridgehead atoms. The lowest BCUT2D eigenvalue weighted by Crippen LogP contribution is -2.29. The fourth-order valence-electron chi connectivity index (χ4n) is 3.87. The predicted octanol–water partition coefficient (Wildman–Crippen LogP) is 4.55. The number of aliphatic hydroxyl groups is 1. The molecule has 0 radical (unpaired) electrons. The van der Waals surface area contributed by atoms with Gasteiger partial charge in [0.15, 0.2) is 0 Å². The summed E-state index contributed by atoms with van der Waals surface area (Å²) < 4.78 is 18.5. The van der Waals surface area contributed by atoms with Gasteiger partial charge in [-0.1, -0.05) is 30.3 Å². The number of nitrogens with zero attached hydrogens (tertiary/aromatic N) is 1. The summed E-state index contributed by atoms with van der Waals surface area (Å²) in [5.74, 6) is -3.05. The molecule has 0 aliphatic carbocycles. The summed E-state index contributed by atoms with van der Waals surface area (Å²) in [6.45, 7) is 1.54. The van der Waals surface area contributed by atoms with Crippen molar-refractivity contribution in [3.05, 3.63) is 106 Å². The number of methoxy groups -OCH3 is 1. The summed E-state index contributed by atoms with van der Waals surface area (Å²) in [7, 11) is 1.27. The Hall–Kier alpha value is -4.26. The van der Waals surface area contributed by atoms with Crippen molar-refractivity contribution in [2.24, 2.45) is 0 Å². The molecule has 0 aromatic heterocycles. The quantitative estimate of drug-likeness (QED) is 0.276. The third kappa shape index (κ3) is 3.89. The van der Waals surface area contributed by atoms with E-state index in [0.717, 1.165) is 0 Å². The number of aryl methyl sites for hydroxylation is 1. The second-order valence-electron chi connectivity index (χ2n) is 7.58. The van der Waals surface area contributed by atoms with E-state index in [9.17, 15) is 23.9 Å². The molecule has 3 aromatic rings. The first-order valence-electron chi connectivity index (χ1n) is 10.1. The Morgan fingerprint density at radius 3 is 2.21 bits per heavy atom. The van der Waals surface area contributed by atoms with Crippen LogP contribution in [0.3, 0.4) is 0 Å². The van der Waals surface area contributed by atoms with E-state index in [1.54, 1.807) is 37.3 Å². The Morgan fingerprint density at radius 2 is 1.61 bits per heavy atom. The van der Waals surface area contributed by atoms with E-state index in [1.165, 1.54) is 54.5 Å². The number of halogens is 1. The zero-order valence-corrected chi connectivity index (χ0v) is 17.9. The maximum absolute atomic E-state index is 13.8. The van der Waals surface area contributed by atoms with Crippen molar-refractivity contribution in [2.75, 3.05) is 12.0 Å². The summed E-state index contributed by atoms with van der Waals surface area (Å²) in [5.41, 5.74) is 1.68. The number of esters is 1. The fourth-order valence-corrected chi connectivity index (χ4v) is 3.87. The number of hydrogen-bond acceptors (Lipinski definition) is 5. The topological polar surface area (TPSA) is 83.9 Å². The number of carbonyl (C=O) groups is 3. The number of anilines is 1. The normalized spacial score (nSPS) is 17.3. The van der Waals surface area contributed by atoms with Crippen molar-refractivity contribution in [1.82, 2.24) is 0 Å². The van der Waals surface area contributed by atoms with Crippen molar-refractivity contribution in [1.29, 1.82) is 0 Å². The molecule has 1 unspecified atom stereocenters. The Labute approximate surface area is 189 Å². The van der Waals surface area contributed by atoms with E-state index in [-0.39, 0.29) is 22.5 Å². The van der Waals surface area contributed by atoms with Crippen LogP contribution >= 0.6 is 0 Å². The van der Waals surface area contributed by atoms with Crippen molar-refractivity contribution >= 4 is 29.1 Å². The first-order valence-corrected chi connectivity index (χ1v) is 10.1. The number of hydrogen-bond donors (Lipinski definition) is 1. The highest BCUT2D eigenvalue weighted by molar-refractivity contribution is 6.51. The van der Waals surface area contributed by atoms with Crippen molar-refractivity contribution in [3.8, 4) is 0 Å². The summed E-state index contributed by atoms with van der Waals surface area (Å²) in [4.78, 5) is 39.3. The molecule has 7 heteroatoms. The molecule has 0 spiro atoms. The molecule has 0 saturated carbocycles. The number of Topliss-reactive ketones (excluding diaryl/α,β-unsaturated/α-hetero) is 1. The molecule has 1 heterocycles. The van der Waals surface area contributed by atoms with Gasteiger partial charge < -0.3 is 9.84 Å². The highest BCUT2D eigenvalue weighted by Gasteiger charge is 2.46. The number of ether oxygens (including phenoxy) is 1. The van der Waals surface area contributed by atoms with Gasteiger partial charge in [-0.15, -0.1) is 0 Å². The average Bonchev–Trinajstić information content (AvgIpc) is 3.11. The van der Waals surface area contributed by atoms with Gasteiger partial charge in [-0.3, -0.25) is 14.5 Å². The summed E-state index contributed by atoms with van der Waals surface area (Å²) in [5, 5.41) is 11.1. The Kier molecular flexibility index (Phi) is 5.79. The maximum atomic E-state index is 13.8. The number of ketones is 1. The SMILES string of the molecule is COC(=O)c1ccc(N2C(=O)C(=O)/C(=C(\O)c3ccc(F)c(C)c3)C2c2ccccc2)cc1. The predicted molar refractivity (Wildman–Crippen MR) is 120 cm³/mol. The smallest absolute Gasteiger partial charge is 0.337 e. The van der Waals surface area contributed by atoms with Crippen LogP contribution in [-0.4, -0.2) is 29.9 Å². The van der Waals surface area contributed by atoms with E-state index < -0.39 is 29.5 Å². The lowest BCUT2D eigenvalue weighted by molar-refractivity contribution is -0.132. The zero-order chi connectivity index (χ0) is 23.7. The van der Waals surface area contributed by atoms with Crippen LogP contribution in [-0.2, 0) is 14.3 Å². The molecule has 1 amide bonds. The number of amides is 1. The van der Waals surface area contributed by atoms with Gasteiger partial charge in [0.2, 0.25) is 0 Å². The Bertz CT molecular complexity index is 1280. The molecule has 1 aliphatic heterocycles. The van der Waals surface area contributed by atoms with Crippen molar-refractivity contribution in [2.45, 2.75) is 13.0 Å². The molecule has 6 nitrogen and oxygen atoms in total. The summed E-state index contributed by atoms with van der Waals surface area (Å²) in [6.07, 6.45) is 0. The standard InChI is InChI=1S/C26H20FNO5/c1-15-14-18(10-13-20(15)27)23(29)21-22(16-6-4-3-5-7-16)28(25(31)24(21)30)19-11-8-17(9-12-19)26(32)33-2/h3-14,22,29H,1-2H3/b23-21-. The third-order valence-electron chi connectivity index (χ3n) is 5.56. The third-order valence-corrected chi connectivity index (χ3v) is 5.56. The van der Waals surface area contributed by atoms with Crippen LogP contribution in [0.2, 0.25) is 0 Å². The lowest BCUT2D eigenvalue weighted by Gasteiger charge is -2.25. The summed E-state index contributed by atoms with van der Waals surface area (Å²) in [6, 6.07) is 17.9. The largest absolute Gasteiger partial charge is 0.507 e. The highest BCUT2D eigenvalue weighted by Crippen LogP contribution is 2.42. The Morgan fingerprint density at radius 1 is 0.970 bits per heavy atom. The number of rotatable bonds is 4. The Balaban J connectivity index is 1.89. The van der Waals surface area contributed by atoms with Gasteiger partial charge in [0, 0.05) is 11.3 Å². The molecule has 1 aliphatic rings. The summed E-state index contributed by atoms with van der Waals surface area (Å²) >= 11 is 0. The minimum Gasteiger partial charge on any atom is -0.507 e. The molecule has 1 fully saturated rings. The van der Waals surface area contributed by atoms with Crippen LogP contribution in [0.5, 0.6) is 0 Å². The van der Waals surface area contributed by atoms with Crippen LogP contribution in [0.1, 0.15) is 33.1 Å². The molecule has 4 rings (SSSR count). The number of benzene rings is 3. The average molecular weight is 445 g/mol. The molecule has 3 aromatic carbocycles. The molecular formula is C26H20FNO5. The van der Waals surface area contributed by atoms with E-state index in [0.29, 0.717) is 16.8 Å². The first kappa shape index (κ1) is 22.0. The first-order chi connectivity index (χ1) is 15.8. The highest BCUT2D eigenvalue weighted by atomic mass is 19.1. The van der Waals surface area contributed by atoms with Gasteiger partial charge in [-0.25, -0.2) is 9.18 Å². The lowest BCUT2D eigenvalue weighted by atomic mass is 9.94. The minimum atomic E-state index is -0.916. The van der Waals surface area contributed by atoms with Gasteiger partial charge in [0.05, 0.1) is 24.3 Å². The maximum Gasteiger partial charge on any atom is 0.337 e. The van der Waals surface area contributed by atoms with Gasteiger partial charge in [0.1, 0.15) is 11.6 Å². The second kappa shape index (κ2) is 8.70. The zero-order valence-electron chi connectivity index (χ0n) is 17.9. The molecule has 166 valence electrons. The van der Waals surface area contributed by atoms with Crippen LogP contribution in [0.25, 0.3) is 5.76 Å². The van der Waals surface area contributed by atoms with Crippen LogP contribution < -0.4 is 4.90 Å². The molecule has 1 saturated heterocycles. The van der Waals surface area contributed by atoms with E-state index in [2.05, 4.69) is 0 Å². The number of aliphatic hydroxyl groups excluding tert-OH is 1. The van der Waals surface area contributed by atoms with Crippen molar-refractivity contribution < 1.29 is 28.6 Å². The molecule has 1 atom stereocenters. The molecular weight excluding hydrogens is 425 g/mol. The van der Waals surface area contributed by atoms with Crippen LogP contribution in [0.15, 0.2) is 78.4 Å². The monoisotopic (exact) mass is 445 g/mol. The number of carbonyl (C=O) groups excluding carboxylic acids is 3.